The molecule has 2 rings (SSSR count). The van der Waals surface area contributed by atoms with Gasteiger partial charge in [0.15, 0.2) is 0 Å². The number of aromatic nitrogens is 2. The topological polar surface area (TPSA) is 86.1 Å². The Hall–Kier alpha value is -2.08. The van der Waals surface area contributed by atoms with Crippen LogP contribution in [0.25, 0.3) is 0 Å². The molecule has 2 aromatic rings. The molecule has 0 bridgehead atoms. The molecule has 0 aliphatic rings. The monoisotopic (exact) mass is 276 g/mol. The second kappa shape index (κ2) is 6.91. The summed E-state index contributed by atoms with van der Waals surface area (Å²) in [4.78, 5) is 15.1. The standard InChI is InChI=1S/C14H20N4O2/c1-18-9-8-17-14(18)13(11-5-4-10-20-11)16-7-3-2-6-12(15)19/h4-5,8-10,13,16H,2-3,6-7H2,1H3,(H2,15,19). The van der Waals surface area contributed by atoms with Gasteiger partial charge in [-0.2, -0.15) is 0 Å². The van der Waals surface area contributed by atoms with Gasteiger partial charge in [-0.15, -0.1) is 0 Å². The first-order valence-electron chi connectivity index (χ1n) is 6.71. The fourth-order valence-electron chi connectivity index (χ4n) is 2.10. The minimum Gasteiger partial charge on any atom is -0.467 e. The number of imidazole rings is 1. The largest absolute Gasteiger partial charge is 0.467 e. The number of hydrogen-bond acceptors (Lipinski definition) is 4. The van der Waals surface area contributed by atoms with Crippen molar-refractivity contribution in [3.8, 4) is 0 Å². The van der Waals surface area contributed by atoms with E-state index in [1.54, 1.807) is 12.5 Å². The zero-order chi connectivity index (χ0) is 14.4. The van der Waals surface area contributed by atoms with Gasteiger partial charge >= 0.3 is 0 Å². The molecule has 1 amide bonds. The molecule has 0 aromatic carbocycles. The van der Waals surface area contributed by atoms with E-state index in [1.165, 1.54) is 0 Å². The highest BCUT2D eigenvalue weighted by Gasteiger charge is 2.19. The Bertz CT molecular complexity index is 533. The van der Waals surface area contributed by atoms with Crippen LogP contribution in [0.15, 0.2) is 35.2 Å². The first kappa shape index (κ1) is 14.3. The van der Waals surface area contributed by atoms with Gasteiger partial charge in [0.05, 0.1) is 6.26 Å². The lowest BCUT2D eigenvalue weighted by molar-refractivity contribution is -0.118. The van der Waals surface area contributed by atoms with Gasteiger partial charge in [0.25, 0.3) is 0 Å². The summed E-state index contributed by atoms with van der Waals surface area (Å²) >= 11 is 0. The maximum absolute atomic E-state index is 10.7. The summed E-state index contributed by atoms with van der Waals surface area (Å²) in [7, 11) is 1.95. The third-order valence-electron chi connectivity index (χ3n) is 3.14. The van der Waals surface area contributed by atoms with Gasteiger partial charge in [0.2, 0.25) is 5.91 Å². The van der Waals surface area contributed by atoms with E-state index >= 15 is 0 Å². The van der Waals surface area contributed by atoms with Crippen LogP contribution < -0.4 is 11.1 Å². The summed E-state index contributed by atoms with van der Waals surface area (Å²) in [5.41, 5.74) is 5.12. The quantitative estimate of drug-likeness (QED) is 0.713. The van der Waals surface area contributed by atoms with E-state index in [-0.39, 0.29) is 11.9 Å². The Morgan fingerprint density at radius 3 is 3.00 bits per heavy atom. The smallest absolute Gasteiger partial charge is 0.217 e. The molecule has 2 aromatic heterocycles. The highest BCUT2D eigenvalue weighted by molar-refractivity contribution is 5.73. The number of unbranched alkanes of at least 4 members (excludes halogenated alkanes) is 1. The number of hydrogen-bond donors (Lipinski definition) is 2. The lowest BCUT2D eigenvalue weighted by Crippen LogP contribution is -2.26. The van der Waals surface area contributed by atoms with E-state index < -0.39 is 0 Å². The van der Waals surface area contributed by atoms with Crippen LogP contribution in [0.1, 0.15) is 36.9 Å². The van der Waals surface area contributed by atoms with Crippen LogP contribution in [0.5, 0.6) is 0 Å². The Labute approximate surface area is 118 Å². The Morgan fingerprint density at radius 1 is 1.55 bits per heavy atom. The van der Waals surface area contributed by atoms with Gasteiger partial charge in [-0.25, -0.2) is 4.98 Å². The summed E-state index contributed by atoms with van der Waals surface area (Å²) < 4.78 is 7.44. The van der Waals surface area contributed by atoms with Crippen LogP contribution in [0.3, 0.4) is 0 Å². The van der Waals surface area contributed by atoms with Gasteiger partial charge in [-0.1, -0.05) is 0 Å². The van der Waals surface area contributed by atoms with Gasteiger partial charge in [-0.05, 0) is 31.5 Å². The van der Waals surface area contributed by atoms with Crippen molar-refractivity contribution in [1.82, 2.24) is 14.9 Å². The molecule has 108 valence electrons. The molecule has 1 atom stereocenters. The molecular weight excluding hydrogens is 256 g/mol. The van der Waals surface area contributed by atoms with Crippen molar-refractivity contribution in [2.24, 2.45) is 12.8 Å². The normalized spacial score (nSPS) is 12.4. The highest BCUT2D eigenvalue weighted by Crippen LogP contribution is 2.20. The molecule has 3 N–H and O–H groups in total. The minimum absolute atomic E-state index is 0.0846. The van der Waals surface area contributed by atoms with E-state index in [2.05, 4.69) is 10.3 Å². The molecule has 6 nitrogen and oxygen atoms in total. The van der Waals surface area contributed by atoms with E-state index in [4.69, 9.17) is 10.2 Å². The van der Waals surface area contributed by atoms with Gasteiger partial charge in [0.1, 0.15) is 17.6 Å². The number of rotatable bonds is 8. The molecule has 1 unspecified atom stereocenters. The summed E-state index contributed by atoms with van der Waals surface area (Å²) in [6, 6.07) is 3.70. The molecule has 20 heavy (non-hydrogen) atoms. The molecule has 0 aliphatic heterocycles. The van der Waals surface area contributed by atoms with Crippen molar-refractivity contribution in [3.63, 3.8) is 0 Å². The molecule has 0 fully saturated rings. The van der Waals surface area contributed by atoms with Crippen molar-refractivity contribution in [1.29, 1.82) is 0 Å². The molecule has 6 heteroatoms. The van der Waals surface area contributed by atoms with Crippen LogP contribution in [0.4, 0.5) is 0 Å². The molecule has 0 aliphatic carbocycles. The average Bonchev–Trinajstić information content (AvgIpc) is 3.05. The van der Waals surface area contributed by atoms with Crippen molar-refractivity contribution in [3.05, 3.63) is 42.4 Å². The SMILES string of the molecule is Cn1ccnc1C(NCCCCC(N)=O)c1ccco1. The van der Waals surface area contributed by atoms with Crippen LogP contribution in [0, 0.1) is 0 Å². The molecule has 0 spiro atoms. The Balaban J connectivity index is 1.95. The maximum atomic E-state index is 10.7. The van der Waals surface area contributed by atoms with Crippen molar-refractivity contribution >= 4 is 5.91 Å². The lowest BCUT2D eigenvalue weighted by atomic mass is 10.2. The lowest BCUT2D eigenvalue weighted by Gasteiger charge is -2.16. The maximum Gasteiger partial charge on any atom is 0.217 e. The number of aryl methyl sites for hydroxylation is 1. The number of primary amides is 1. The summed E-state index contributed by atoms with van der Waals surface area (Å²) in [5.74, 6) is 1.47. The molecule has 0 radical (unpaired) electrons. The summed E-state index contributed by atoms with van der Waals surface area (Å²) in [5, 5.41) is 3.41. The number of carbonyl (C=O) groups excluding carboxylic acids is 1. The number of nitrogens with one attached hydrogen (secondary N) is 1. The third-order valence-corrected chi connectivity index (χ3v) is 3.14. The Kier molecular flexibility index (Phi) is 4.95. The zero-order valence-corrected chi connectivity index (χ0v) is 11.6. The van der Waals surface area contributed by atoms with Crippen LogP contribution in [0.2, 0.25) is 0 Å². The molecular formula is C14H20N4O2. The predicted molar refractivity (Wildman–Crippen MR) is 74.8 cm³/mol. The average molecular weight is 276 g/mol. The first-order chi connectivity index (χ1) is 9.68. The van der Waals surface area contributed by atoms with E-state index in [9.17, 15) is 4.79 Å². The number of furan rings is 1. The molecule has 0 saturated carbocycles. The second-order valence-electron chi connectivity index (χ2n) is 4.72. The molecule has 0 saturated heterocycles. The highest BCUT2D eigenvalue weighted by atomic mass is 16.3. The van der Waals surface area contributed by atoms with Gasteiger partial charge in [0, 0.05) is 25.9 Å². The second-order valence-corrected chi connectivity index (χ2v) is 4.72. The number of nitrogens with zero attached hydrogens (tertiary/aromatic N) is 2. The van der Waals surface area contributed by atoms with Crippen molar-refractivity contribution in [2.75, 3.05) is 6.54 Å². The minimum atomic E-state index is -0.253. The van der Waals surface area contributed by atoms with Gasteiger partial charge in [-0.3, -0.25) is 4.79 Å². The Morgan fingerprint density at radius 2 is 2.40 bits per heavy atom. The fourth-order valence-corrected chi connectivity index (χ4v) is 2.10. The number of amides is 1. The number of carbonyl (C=O) groups is 1. The van der Waals surface area contributed by atoms with E-state index in [1.807, 2.05) is 29.9 Å². The van der Waals surface area contributed by atoms with Crippen LogP contribution >= 0.6 is 0 Å². The van der Waals surface area contributed by atoms with Gasteiger partial charge < -0.3 is 20.0 Å². The zero-order valence-electron chi connectivity index (χ0n) is 11.6. The predicted octanol–water partition coefficient (Wildman–Crippen LogP) is 1.35. The van der Waals surface area contributed by atoms with E-state index in [0.717, 1.165) is 31.0 Å². The first-order valence-corrected chi connectivity index (χ1v) is 6.71. The van der Waals surface area contributed by atoms with Crippen LogP contribution in [-0.2, 0) is 11.8 Å². The third kappa shape index (κ3) is 3.71. The summed E-state index contributed by atoms with van der Waals surface area (Å²) in [6.07, 6.45) is 7.41. The van der Waals surface area contributed by atoms with Crippen molar-refractivity contribution in [2.45, 2.75) is 25.3 Å². The fraction of sp³-hybridized carbons (Fsp3) is 0.429. The number of nitrogens with two attached hydrogens (primary N) is 1. The van der Waals surface area contributed by atoms with Crippen molar-refractivity contribution < 1.29 is 9.21 Å². The van der Waals surface area contributed by atoms with Crippen LogP contribution in [-0.4, -0.2) is 22.0 Å². The molecule has 2 heterocycles. The van der Waals surface area contributed by atoms with E-state index in [0.29, 0.717) is 6.42 Å². The summed E-state index contributed by atoms with van der Waals surface area (Å²) in [6.45, 7) is 0.769.